The van der Waals surface area contributed by atoms with Crippen LogP contribution >= 0.6 is 0 Å². The van der Waals surface area contributed by atoms with Crippen LogP contribution in [0.5, 0.6) is 0 Å². The Bertz CT molecular complexity index is 826. The molecule has 36 heavy (non-hydrogen) atoms. The van der Waals surface area contributed by atoms with E-state index in [1.807, 2.05) is 18.3 Å². The van der Waals surface area contributed by atoms with E-state index in [1.54, 1.807) is 6.20 Å². The van der Waals surface area contributed by atoms with Crippen LogP contribution in [0.4, 0.5) is 0 Å². The first-order valence-corrected chi connectivity index (χ1v) is 14.4. The molecule has 200 valence electrons. The van der Waals surface area contributed by atoms with Gasteiger partial charge in [0.2, 0.25) is 5.91 Å². The summed E-state index contributed by atoms with van der Waals surface area (Å²) in [4.78, 5) is 19.3. The molecule has 1 aliphatic heterocycles. The molecule has 0 radical (unpaired) electrons. The number of nitrogens with zero attached hydrogens (tertiary/aromatic N) is 3. The molecule has 1 saturated carbocycles. The minimum Gasteiger partial charge on any atom is -0.411 e. The number of hydrogen-bond acceptors (Lipinski definition) is 5. The first-order chi connectivity index (χ1) is 17.6. The molecule has 6 heteroatoms. The summed E-state index contributed by atoms with van der Waals surface area (Å²) in [6.45, 7) is 3.03. The predicted molar refractivity (Wildman–Crippen MR) is 145 cm³/mol. The number of hydrogen-bond donors (Lipinski definition) is 2. The van der Waals surface area contributed by atoms with Crippen molar-refractivity contribution in [2.75, 3.05) is 6.54 Å². The van der Waals surface area contributed by atoms with Gasteiger partial charge in [0.1, 0.15) is 0 Å². The van der Waals surface area contributed by atoms with Crippen molar-refractivity contribution in [3.8, 4) is 0 Å². The number of aliphatic hydroxyl groups is 1. The fourth-order valence-corrected chi connectivity index (χ4v) is 5.94. The Morgan fingerprint density at radius 1 is 1.19 bits per heavy atom. The quantitative estimate of drug-likeness (QED) is 0.128. The summed E-state index contributed by atoms with van der Waals surface area (Å²) in [6.07, 6.45) is 22.5. The largest absolute Gasteiger partial charge is 0.411 e. The van der Waals surface area contributed by atoms with Crippen molar-refractivity contribution < 1.29 is 15.1 Å². The van der Waals surface area contributed by atoms with Crippen molar-refractivity contribution in [1.82, 2.24) is 9.88 Å². The Morgan fingerprint density at radius 2 is 2.06 bits per heavy atom. The number of likely N-dealkylation sites (tertiary alicyclic amines) is 1. The second-order valence-electron chi connectivity index (χ2n) is 10.7. The lowest BCUT2D eigenvalue weighted by molar-refractivity contribution is -0.135. The Kier molecular flexibility index (Phi) is 12.5. The van der Waals surface area contributed by atoms with Crippen LogP contribution in [0.1, 0.15) is 115 Å². The van der Waals surface area contributed by atoms with E-state index in [4.69, 9.17) is 0 Å². The molecule has 2 fully saturated rings. The van der Waals surface area contributed by atoms with Crippen LogP contribution in [0.25, 0.3) is 0 Å². The molecule has 0 aromatic carbocycles. The molecule has 3 rings (SSSR count). The number of amides is 1. The maximum atomic E-state index is 13.0. The third-order valence-electron chi connectivity index (χ3n) is 8.04. The molecule has 1 aromatic heterocycles. The van der Waals surface area contributed by atoms with Gasteiger partial charge in [-0.1, -0.05) is 68.8 Å². The standard InChI is InChI=1S/C30H47N3O3/c1-2-3-6-13-26(34)19-17-24-18-20-28(32-36)27(24)14-7-4-5-8-16-30(35)33-22-10-9-15-29(33)25-12-11-21-31-23-25/h11-12,17,19,21,23-24,26-27,29,34,36H,2-10,13-16,18,20,22H2,1H3/t24-,26+,27-,29+/m1/s1. The second-order valence-corrected chi connectivity index (χ2v) is 10.7. The van der Waals surface area contributed by atoms with E-state index in [0.29, 0.717) is 12.3 Å². The number of aromatic nitrogens is 1. The molecule has 1 saturated heterocycles. The van der Waals surface area contributed by atoms with E-state index in [2.05, 4.69) is 34.1 Å². The molecular weight excluding hydrogens is 450 g/mol. The van der Waals surface area contributed by atoms with E-state index in [0.717, 1.165) is 108 Å². The van der Waals surface area contributed by atoms with Crippen LogP contribution < -0.4 is 0 Å². The molecule has 1 amide bonds. The van der Waals surface area contributed by atoms with Crippen LogP contribution in [0.2, 0.25) is 0 Å². The number of piperidine rings is 1. The topological polar surface area (TPSA) is 86.0 Å². The van der Waals surface area contributed by atoms with Gasteiger partial charge in [-0.15, -0.1) is 0 Å². The highest BCUT2D eigenvalue weighted by molar-refractivity contribution is 5.88. The van der Waals surface area contributed by atoms with Gasteiger partial charge in [0, 0.05) is 31.3 Å². The average Bonchev–Trinajstić information content (AvgIpc) is 3.31. The molecular formula is C30H47N3O3. The Morgan fingerprint density at radius 3 is 2.83 bits per heavy atom. The van der Waals surface area contributed by atoms with Gasteiger partial charge < -0.3 is 15.2 Å². The van der Waals surface area contributed by atoms with Crippen molar-refractivity contribution in [3.05, 3.63) is 42.2 Å². The van der Waals surface area contributed by atoms with Gasteiger partial charge in [-0.3, -0.25) is 9.78 Å². The zero-order valence-corrected chi connectivity index (χ0v) is 22.2. The van der Waals surface area contributed by atoms with E-state index in [9.17, 15) is 15.1 Å². The van der Waals surface area contributed by atoms with Crippen molar-refractivity contribution in [2.24, 2.45) is 17.0 Å². The predicted octanol–water partition coefficient (Wildman–Crippen LogP) is 6.83. The molecule has 1 aromatic rings. The smallest absolute Gasteiger partial charge is 0.223 e. The molecule has 2 N–H and O–H groups in total. The third-order valence-corrected chi connectivity index (χ3v) is 8.04. The van der Waals surface area contributed by atoms with Crippen molar-refractivity contribution in [1.29, 1.82) is 0 Å². The number of aliphatic hydroxyl groups excluding tert-OH is 1. The van der Waals surface area contributed by atoms with Gasteiger partial charge in [0.05, 0.1) is 17.9 Å². The Hall–Kier alpha value is -2.21. The van der Waals surface area contributed by atoms with Gasteiger partial charge in [0.25, 0.3) is 0 Å². The van der Waals surface area contributed by atoms with Gasteiger partial charge in [-0.25, -0.2) is 0 Å². The molecule has 4 atom stereocenters. The fraction of sp³-hybridized carbons (Fsp3) is 0.700. The molecule has 6 nitrogen and oxygen atoms in total. The Labute approximate surface area is 217 Å². The molecule has 0 bridgehead atoms. The highest BCUT2D eigenvalue weighted by Gasteiger charge is 2.31. The van der Waals surface area contributed by atoms with E-state index < -0.39 is 0 Å². The van der Waals surface area contributed by atoms with Crippen LogP contribution in [-0.2, 0) is 4.79 Å². The maximum absolute atomic E-state index is 13.0. The summed E-state index contributed by atoms with van der Waals surface area (Å²) < 4.78 is 0. The van der Waals surface area contributed by atoms with Gasteiger partial charge in [0.15, 0.2) is 0 Å². The van der Waals surface area contributed by atoms with Gasteiger partial charge in [-0.2, -0.15) is 0 Å². The second kappa shape index (κ2) is 15.8. The lowest BCUT2D eigenvalue weighted by Gasteiger charge is -2.36. The van der Waals surface area contributed by atoms with Crippen molar-refractivity contribution in [3.63, 3.8) is 0 Å². The highest BCUT2D eigenvalue weighted by atomic mass is 16.4. The summed E-state index contributed by atoms with van der Waals surface area (Å²) in [6, 6.07) is 4.22. The van der Waals surface area contributed by atoms with Crippen molar-refractivity contribution in [2.45, 2.75) is 115 Å². The van der Waals surface area contributed by atoms with Crippen LogP contribution in [0.15, 0.2) is 41.8 Å². The van der Waals surface area contributed by atoms with Crippen molar-refractivity contribution >= 4 is 11.6 Å². The number of allylic oxidation sites excluding steroid dienone is 1. The SMILES string of the molecule is CCCCC[C@H](O)C=C[C@@H]1CCC(=NO)[C@@H]1CCCCCCC(=O)N1CCCC[C@H]1c1cccnc1. The molecule has 1 aliphatic carbocycles. The maximum Gasteiger partial charge on any atom is 0.223 e. The monoisotopic (exact) mass is 497 g/mol. The number of unbranched alkanes of at least 4 members (excludes halogenated alkanes) is 5. The molecule has 0 unspecified atom stereocenters. The lowest BCUT2D eigenvalue weighted by Crippen LogP contribution is -2.38. The fourth-order valence-electron chi connectivity index (χ4n) is 5.94. The summed E-state index contributed by atoms with van der Waals surface area (Å²) in [5.74, 6) is 0.892. The molecule has 2 heterocycles. The van der Waals surface area contributed by atoms with E-state index >= 15 is 0 Å². The van der Waals surface area contributed by atoms with Crippen LogP contribution in [-0.4, -0.2) is 44.5 Å². The zero-order chi connectivity index (χ0) is 25.6. The van der Waals surface area contributed by atoms with Gasteiger partial charge >= 0.3 is 0 Å². The van der Waals surface area contributed by atoms with E-state index in [-0.39, 0.29) is 24.0 Å². The van der Waals surface area contributed by atoms with E-state index in [1.165, 1.54) is 0 Å². The van der Waals surface area contributed by atoms with Gasteiger partial charge in [-0.05, 0) is 68.9 Å². The highest BCUT2D eigenvalue weighted by Crippen LogP contribution is 2.35. The normalized spacial score (nSPS) is 24.6. The summed E-state index contributed by atoms with van der Waals surface area (Å²) in [5.41, 5.74) is 2.06. The summed E-state index contributed by atoms with van der Waals surface area (Å²) >= 11 is 0. The first kappa shape index (κ1) is 28.4. The number of pyridine rings is 1. The number of rotatable bonds is 14. The third kappa shape index (κ3) is 8.72. The van der Waals surface area contributed by atoms with Crippen LogP contribution in [0.3, 0.4) is 0 Å². The number of carbonyl (C=O) groups excluding carboxylic acids is 1. The lowest BCUT2D eigenvalue weighted by atomic mass is 9.89. The number of carbonyl (C=O) groups is 1. The zero-order valence-electron chi connectivity index (χ0n) is 22.2. The number of oxime groups is 1. The minimum atomic E-state index is -0.373. The Balaban J connectivity index is 1.38. The molecule has 2 aliphatic rings. The summed E-state index contributed by atoms with van der Waals surface area (Å²) in [5, 5.41) is 23.3. The average molecular weight is 498 g/mol. The van der Waals surface area contributed by atoms with Crippen LogP contribution in [0, 0.1) is 11.8 Å². The first-order valence-electron chi connectivity index (χ1n) is 14.4. The molecule has 0 spiro atoms. The summed E-state index contributed by atoms with van der Waals surface area (Å²) in [7, 11) is 0. The minimum absolute atomic E-state index is 0.175.